The van der Waals surface area contributed by atoms with Gasteiger partial charge in [-0.1, -0.05) is 13.3 Å². The van der Waals surface area contributed by atoms with Crippen molar-refractivity contribution in [2.24, 2.45) is 0 Å². The van der Waals surface area contributed by atoms with E-state index in [0.717, 1.165) is 12.8 Å². The Hall–Kier alpha value is -1.45. The minimum atomic E-state index is -0.311. The summed E-state index contributed by atoms with van der Waals surface area (Å²) in [4.78, 5) is 1.92. The van der Waals surface area contributed by atoms with E-state index >= 15 is 0 Å². The third kappa shape index (κ3) is 3.02. The van der Waals surface area contributed by atoms with Crippen LogP contribution in [0.15, 0.2) is 12.1 Å². The average molecular weight is 240 g/mol. The lowest BCUT2D eigenvalue weighted by Gasteiger charge is -2.27. The average Bonchev–Trinajstić information content (AvgIpc) is 2.29. The predicted octanol–water partition coefficient (Wildman–Crippen LogP) is 3.04. The molecule has 0 radical (unpaired) electrons. The summed E-state index contributed by atoms with van der Waals surface area (Å²) in [5.74, 6) is 0.200. The van der Waals surface area contributed by atoms with Crippen LogP contribution in [0.25, 0.3) is 0 Å². The van der Waals surface area contributed by atoms with Gasteiger partial charge in [-0.25, -0.2) is 4.39 Å². The molecule has 0 fully saturated rings. The molecule has 96 valence electrons. The van der Waals surface area contributed by atoms with Crippen molar-refractivity contribution in [3.05, 3.63) is 17.9 Å². The first kappa shape index (κ1) is 13.6. The molecule has 0 aromatic heterocycles. The molecule has 0 spiro atoms. The molecular formula is C13H21FN2O. The van der Waals surface area contributed by atoms with Crippen LogP contribution in [-0.4, -0.2) is 20.2 Å². The van der Waals surface area contributed by atoms with Crippen molar-refractivity contribution < 1.29 is 9.13 Å². The number of rotatable bonds is 5. The van der Waals surface area contributed by atoms with E-state index in [2.05, 4.69) is 13.8 Å². The third-order valence-corrected chi connectivity index (χ3v) is 3.05. The lowest BCUT2D eigenvalue weighted by molar-refractivity contribution is 0.415. The maximum Gasteiger partial charge on any atom is 0.148 e. The maximum atomic E-state index is 13.8. The van der Waals surface area contributed by atoms with Crippen molar-refractivity contribution in [2.75, 3.05) is 24.8 Å². The van der Waals surface area contributed by atoms with E-state index in [4.69, 9.17) is 10.5 Å². The van der Waals surface area contributed by atoms with Gasteiger partial charge in [-0.2, -0.15) is 0 Å². The highest BCUT2D eigenvalue weighted by molar-refractivity contribution is 5.63. The maximum absolute atomic E-state index is 13.8. The van der Waals surface area contributed by atoms with Gasteiger partial charge in [0.15, 0.2) is 0 Å². The summed E-state index contributed by atoms with van der Waals surface area (Å²) in [6, 6.07) is 3.24. The number of nitrogens with zero attached hydrogens (tertiary/aromatic N) is 1. The number of nitrogens with two attached hydrogens (primary N) is 1. The van der Waals surface area contributed by atoms with Gasteiger partial charge in [0.05, 0.1) is 18.5 Å². The van der Waals surface area contributed by atoms with Crippen molar-refractivity contribution in [1.82, 2.24) is 0 Å². The molecule has 2 N–H and O–H groups in total. The first-order chi connectivity index (χ1) is 8.01. The summed E-state index contributed by atoms with van der Waals surface area (Å²) in [5.41, 5.74) is 6.50. The van der Waals surface area contributed by atoms with E-state index in [1.165, 1.54) is 13.2 Å². The second-order valence-corrected chi connectivity index (χ2v) is 4.29. The Bertz CT molecular complexity index is 382. The summed E-state index contributed by atoms with van der Waals surface area (Å²) in [7, 11) is 3.41. The number of benzene rings is 1. The Labute approximate surface area is 102 Å². The van der Waals surface area contributed by atoms with Crippen LogP contribution in [0.3, 0.4) is 0 Å². The monoisotopic (exact) mass is 240 g/mol. The van der Waals surface area contributed by atoms with Gasteiger partial charge in [-0.05, 0) is 13.3 Å². The van der Waals surface area contributed by atoms with E-state index in [9.17, 15) is 4.39 Å². The topological polar surface area (TPSA) is 38.5 Å². The van der Waals surface area contributed by atoms with Crippen LogP contribution in [0, 0.1) is 5.82 Å². The predicted molar refractivity (Wildman–Crippen MR) is 70.1 cm³/mol. The number of halogens is 1. The summed E-state index contributed by atoms with van der Waals surface area (Å²) >= 11 is 0. The number of methoxy groups -OCH3 is 1. The summed E-state index contributed by atoms with van der Waals surface area (Å²) < 4.78 is 19.0. The van der Waals surface area contributed by atoms with Crippen molar-refractivity contribution in [2.45, 2.75) is 32.7 Å². The zero-order valence-corrected chi connectivity index (χ0v) is 11.0. The zero-order valence-electron chi connectivity index (χ0n) is 11.0. The summed E-state index contributed by atoms with van der Waals surface area (Å²) in [6.45, 7) is 4.19. The van der Waals surface area contributed by atoms with Crippen molar-refractivity contribution in [3.63, 3.8) is 0 Å². The molecule has 0 heterocycles. The Morgan fingerprint density at radius 2 is 2.12 bits per heavy atom. The van der Waals surface area contributed by atoms with Gasteiger partial charge in [-0.15, -0.1) is 0 Å². The van der Waals surface area contributed by atoms with Gasteiger partial charge in [0.25, 0.3) is 0 Å². The molecule has 0 aliphatic heterocycles. The Balaban J connectivity index is 3.04. The van der Waals surface area contributed by atoms with Crippen LogP contribution in [0.5, 0.6) is 5.75 Å². The number of nitrogen functional groups attached to an aromatic ring is 1. The first-order valence-corrected chi connectivity index (χ1v) is 5.87. The van der Waals surface area contributed by atoms with E-state index in [1.807, 2.05) is 11.9 Å². The third-order valence-electron chi connectivity index (χ3n) is 3.05. The fraction of sp³-hybridized carbons (Fsp3) is 0.538. The van der Waals surface area contributed by atoms with Crippen molar-refractivity contribution in [3.8, 4) is 5.75 Å². The normalized spacial score (nSPS) is 12.3. The van der Waals surface area contributed by atoms with Gasteiger partial charge < -0.3 is 15.4 Å². The molecule has 0 saturated carbocycles. The minimum Gasteiger partial charge on any atom is -0.495 e. The molecule has 0 bridgehead atoms. The fourth-order valence-corrected chi connectivity index (χ4v) is 1.85. The molecule has 0 saturated heterocycles. The van der Waals surface area contributed by atoms with E-state index in [1.54, 1.807) is 6.07 Å². The Kier molecular flexibility index (Phi) is 4.61. The van der Waals surface area contributed by atoms with E-state index < -0.39 is 0 Å². The molecule has 1 aromatic carbocycles. The lowest BCUT2D eigenvalue weighted by atomic mass is 10.1. The van der Waals surface area contributed by atoms with Gasteiger partial charge in [-0.3, -0.25) is 0 Å². The molecule has 4 heteroatoms. The van der Waals surface area contributed by atoms with Gasteiger partial charge in [0, 0.05) is 25.2 Å². The summed E-state index contributed by atoms with van der Waals surface area (Å²) in [6.07, 6.45) is 2.09. The van der Waals surface area contributed by atoms with Crippen molar-refractivity contribution in [1.29, 1.82) is 0 Å². The molecular weight excluding hydrogens is 219 g/mol. The molecule has 1 unspecified atom stereocenters. The second kappa shape index (κ2) is 5.75. The second-order valence-electron chi connectivity index (χ2n) is 4.29. The van der Waals surface area contributed by atoms with Crippen LogP contribution < -0.4 is 15.4 Å². The van der Waals surface area contributed by atoms with Crippen LogP contribution >= 0.6 is 0 Å². The zero-order chi connectivity index (χ0) is 13.0. The number of ether oxygens (including phenoxy) is 1. The largest absolute Gasteiger partial charge is 0.495 e. The van der Waals surface area contributed by atoms with Crippen LogP contribution in [-0.2, 0) is 0 Å². The molecule has 17 heavy (non-hydrogen) atoms. The number of hydrogen-bond acceptors (Lipinski definition) is 3. The smallest absolute Gasteiger partial charge is 0.148 e. The van der Waals surface area contributed by atoms with E-state index in [0.29, 0.717) is 17.1 Å². The summed E-state index contributed by atoms with van der Waals surface area (Å²) in [5, 5.41) is 0. The minimum absolute atomic E-state index is 0.280. The Morgan fingerprint density at radius 1 is 1.47 bits per heavy atom. The molecule has 1 atom stereocenters. The lowest BCUT2D eigenvalue weighted by Crippen LogP contribution is -2.29. The molecule has 1 aromatic rings. The first-order valence-electron chi connectivity index (χ1n) is 5.87. The van der Waals surface area contributed by atoms with Crippen LogP contribution in [0.2, 0.25) is 0 Å². The Morgan fingerprint density at radius 3 is 2.65 bits per heavy atom. The van der Waals surface area contributed by atoms with Crippen molar-refractivity contribution >= 4 is 11.4 Å². The highest BCUT2D eigenvalue weighted by Gasteiger charge is 2.16. The number of hydrogen-bond donors (Lipinski definition) is 1. The standard InChI is InChI=1S/C13H21FN2O/c1-5-6-9(2)16(3)12-8-13(17-4)11(15)7-10(12)14/h7-9H,5-6,15H2,1-4H3. The molecule has 1 rings (SSSR count). The fourth-order valence-electron chi connectivity index (χ4n) is 1.85. The number of anilines is 2. The van der Waals surface area contributed by atoms with Gasteiger partial charge in [0.1, 0.15) is 11.6 Å². The quantitative estimate of drug-likeness (QED) is 0.804. The van der Waals surface area contributed by atoms with Crippen LogP contribution in [0.4, 0.5) is 15.8 Å². The van der Waals surface area contributed by atoms with Gasteiger partial charge >= 0.3 is 0 Å². The van der Waals surface area contributed by atoms with Gasteiger partial charge in [0.2, 0.25) is 0 Å². The van der Waals surface area contributed by atoms with E-state index in [-0.39, 0.29) is 11.9 Å². The highest BCUT2D eigenvalue weighted by atomic mass is 19.1. The molecule has 0 aliphatic carbocycles. The van der Waals surface area contributed by atoms with Crippen LogP contribution in [0.1, 0.15) is 26.7 Å². The highest BCUT2D eigenvalue weighted by Crippen LogP contribution is 2.31. The molecule has 0 aliphatic rings. The molecule has 3 nitrogen and oxygen atoms in total. The molecule has 0 amide bonds. The SMILES string of the molecule is CCCC(C)N(C)c1cc(OC)c(N)cc1F.